The van der Waals surface area contributed by atoms with E-state index in [1.54, 1.807) is 0 Å². The Hall–Kier alpha value is -2.30. The van der Waals surface area contributed by atoms with Crippen LogP contribution in [0.1, 0.15) is 32.0 Å². The Morgan fingerprint density at radius 3 is 2.40 bits per heavy atom. The molecule has 1 N–H and O–H groups in total. The van der Waals surface area contributed by atoms with E-state index in [0.717, 1.165) is 50.2 Å². The van der Waals surface area contributed by atoms with Crippen LogP contribution < -0.4 is 15.1 Å². The van der Waals surface area contributed by atoms with Crippen molar-refractivity contribution in [2.24, 2.45) is 0 Å². The topological polar surface area (TPSA) is 44.3 Å². The predicted molar refractivity (Wildman–Crippen MR) is 106 cm³/mol. The molecule has 1 aliphatic rings. The zero-order valence-electron chi connectivity index (χ0n) is 15.4. The fourth-order valence-corrected chi connectivity index (χ4v) is 3.23. The first-order chi connectivity index (χ1) is 12.3. The van der Waals surface area contributed by atoms with Crippen LogP contribution in [-0.4, -0.2) is 42.7 Å². The summed E-state index contributed by atoms with van der Waals surface area (Å²) in [4.78, 5) is 14.0. The van der Waals surface area contributed by atoms with Gasteiger partial charge >= 0.3 is 0 Å². The van der Waals surface area contributed by atoms with Crippen LogP contribution in [0.2, 0.25) is 0 Å². The molecular formula is C20H29N5. The number of aryl methyl sites for hydroxylation is 1. The smallest absolute Gasteiger partial charge is 0.134 e. The fraction of sp³-hybridized carbons (Fsp3) is 0.500. The van der Waals surface area contributed by atoms with Gasteiger partial charge in [-0.25, -0.2) is 9.97 Å². The number of hydrogen-bond donors (Lipinski definition) is 1. The lowest BCUT2D eigenvalue weighted by Crippen LogP contribution is -2.46. The van der Waals surface area contributed by atoms with Gasteiger partial charge in [-0.05, 0) is 25.5 Å². The Labute approximate surface area is 151 Å². The molecular weight excluding hydrogens is 310 g/mol. The summed E-state index contributed by atoms with van der Waals surface area (Å²) in [5.74, 6) is 2.82. The minimum Gasteiger partial charge on any atom is -0.370 e. The van der Waals surface area contributed by atoms with E-state index >= 15 is 0 Å². The number of unbranched alkanes of at least 4 members (excludes halogenated alkanes) is 2. The highest BCUT2D eigenvalue weighted by Gasteiger charge is 2.19. The molecule has 1 saturated heterocycles. The van der Waals surface area contributed by atoms with Crippen LogP contribution in [0.3, 0.4) is 0 Å². The quantitative estimate of drug-likeness (QED) is 0.779. The molecule has 134 valence electrons. The van der Waals surface area contributed by atoms with Crippen molar-refractivity contribution in [2.75, 3.05) is 47.8 Å². The molecule has 25 heavy (non-hydrogen) atoms. The van der Waals surface area contributed by atoms with Crippen molar-refractivity contribution in [2.45, 2.75) is 33.1 Å². The molecule has 0 radical (unpaired) electrons. The zero-order valence-corrected chi connectivity index (χ0v) is 15.4. The first kappa shape index (κ1) is 17.5. The first-order valence-corrected chi connectivity index (χ1v) is 9.41. The second-order valence-electron chi connectivity index (χ2n) is 6.60. The second-order valence-corrected chi connectivity index (χ2v) is 6.60. The number of aromatic nitrogens is 2. The minimum atomic E-state index is 0.834. The van der Waals surface area contributed by atoms with Crippen molar-refractivity contribution in [1.82, 2.24) is 9.97 Å². The summed E-state index contributed by atoms with van der Waals surface area (Å²) < 4.78 is 0. The van der Waals surface area contributed by atoms with E-state index in [9.17, 15) is 0 Å². The molecule has 0 bridgehead atoms. The summed E-state index contributed by atoms with van der Waals surface area (Å²) in [5.41, 5.74) is 1.30. The molecule has 0 amide bonds. The van der Waals surface area contributed by atoms with Gasteiger partial charge in [0.05, 0.1) is 0 Å². The summed E-state index contributed by atoms with van der Waals surface area (Å²) in [6.07, 6.45) is 3.68. The van der Waals surface area contributed by atoms with Gasteiger partial charge in [-0.15, -0.1) is 0 Å². The Morgan fingerprint density at radius 1 is 0.960 bits per heavy atom. The third kappa shape index (κ3) is 4.84. The maximum atomic E-state index is 4.66. The van der Waals surface area contributed by atoms with Gasteiger partial charge in [-0.1, -0.05) is 38.0 Å². The first-order valence-electron chi connectivity index (χ1n) is 9.41. The largest absolute Gasteiger partial charge is 0.370 e. The van der Waals surface area contributed by atoms with E-state index in [0.29, 0.717) is 0 Å². The molecule has 3 rings (SSSR count). The monoisotopic (exact) mass is 339 g/mol. The summed E-state index contributed by atoms with van der Waals surface area (Å²) in [5, 5.41) is 3.45. The highest BCUT2D eigenvalue weighted by atomic mass is 15.3. The predicted octanol–water partition coefficient (Wildman–Crippen LogP) is 3.71. The van der Waals surface area contributed by atoms with Crippen molar-refractivity contribution < 1.29 is 0 Å². The molecule has 0 spiro atoms. The third-order valence-corrected chi connectivity index (χ3v) is 4.64. The molecule has 0 unspecified atom stereocenters. The summed E-state index contributed by atoms with van der Waals surface area (Å²) in [6.45, 7) is 9.19. The number of hydrogen-bond acceptors (Lipinski definition) is 5. The minimum absolute atomic E-state index is 0.834. The van der Waals surface area contributed by atoms with Crippen LogP contribution in [0.5, 0.6) is 0 Å². The lowest BCUT2D eigenvalue weighted by Gasteiger charge is -2.36. The van der Waals surface area contributed by atoms with E-state index in [1.807, 2.05) is 6.92 Å². The number of piperazine rings is 1. The van der Waals surface area contributed by atoms with Gasteiger partial charge in [0, 0.05) is 44.5 Å². The fourth-order valence-electron chi connectivity index (χ4n) is 3.23. The van der Waals surface area contributed by atoms with E-state index in [2.05, 4.69) is 68.4 Å². The number of nitrogens with zero attached hydrogens (tertiary/aromatic N) is 4. The Bertz CT molecular complexity index is 650. The van der Waals surface area contributed by atoms with Crippen molar-refractivity contribution >= 4 is 17.3 Å². The number of rotatable bonds is 7. The van der Waals surface area contributed by atoms with Crippen LogP contribution >= 0.6 is 0 Å². The Morgan fingerprint density at radius 2 is 1.68 bits per heavy atom. The average Bonchev–Trinajstić information content (AvgIpc) is 2.66. The van der Waals surface area contributed by atoms with E-state index < -0.39 is 0 Å². The molecule has 5 nitrogen and oxygen atoms in total. The van der Waals surface area contributed by atoms with Gasteiger partial charge in [0.1, 0.15) is 17.5 Å². The Balaban J connectivity index is 1.60. The van der Waals surface area contributed by atoms with Crippen molar-refractivity contribution in [3.63, 3.8) is 0 Å². The van der Waals surface area contributed by atoms with Crippen molar-refractivity contribution in [3.8, 4) is 0 Å². The number of anilines is 3. The normalized spacial score (nSPS) is 14.6. The van der Waals surface area contributed by atoms with Crippen LogP contribution in [0.25, 0.3) is 0 Å². The summed E-state index contributed by atoms with van der Waals surface area (Å²) >= 11 is 0. The van der Waals surface area contributed by atoms with Gasteiger partial charge in [-0.3, -0.25) is 0 Å². The molecule has 0 aliphatic carbocycles. The Kier molecular flexibility index (Phi) is 6.09. The SMILES string of the molecule is CCCCCNc1cc(N2CCN(c3ccccc3)CC2)nc(C)n1. The van der Waals surface area contributed by atoms with Crippen LogP contribution in [0, 0.1) is 6.92 Å². The van der Waals surface area contributed by atoms with Crippen molar-refractivity contribution in [1.29, 1.82) is 0 Å². The third-order valence-electron chi connectivity index (χ3n) is 4.64. The van der Waals surface area contributed by atoms with Gasteiger partial charge < -0.3 is 15.1 Å². The van der Waals surface area contributed by atoms with E-state index in [-0.39, 0.29) is 0 Å². The zero-order chi connectivity index (χ0) is 17.5. The summed E-state index contributed by atoms with van der Waals surface area (Å²) in [6, 6.07) is 12.7. The van der Waals surface area contributed by atoms with Crippen LogP contribution in [0.15, 0.2) is 36.4 Å². The molecule has 1 aromatic heterocycles. The molecule has 0 saturated carbocycles. The van der Waals surface area contributed by atoms with Crippen LogP contribution in [0.4, 0.5) is 17.3 Å². The molecule has 1 aliphatic heterocycles. The lowest BCUT2D eigenvalue weighted by molar-refractivity contribution is 0.646. The van der Waals surface area contributed by atoms with Gasteiger partial charge in [0.25, 0.3) is 0 Å². The standard InChI is InChI=1S/C20H29N5/c1-3-4-8-11-21-19-16-20(23-17(2)22-19)25-14-12-24(13-15-25)18-9-6-5-7-10-18/h5-7,9-10,16H,3-4,8,11-15H2,1-2H3,(H,21,22,23). The molecule has 2 heterocycles. The second kappa shape index (κ2) is 8.70. The number of para-hydroxylation sites is 1. The van der Waals surface area contributed by atoms with Crippen molar-refractivity contribution in [3.05, 3.63) is 42.2 Å². The molecule has 1 fully saturated rings. The van der Waals surface area contributed by atoms with E-state index in [4.69, 9.17) is 0 Å². The van der Waals surface area contributed by atoms with Crippen LogP contribution in [-0.2, 0) is 0 Å². The lowest BCUT2D eigenvalue weighted by atomic mass is 10.2. The van der Waals surface area contributed by atoms with Gasteiger partial charge in [-0.2, -0.15) is 0 Å². The molecule has 5 heteroatoms. The average molecular weight is 339 g/mol. The number of nitrogens with one attached hydrogen (secondary N) is 1. The van der Waals surface area contributed by atoms with E-state index in [1.165, 1.54) is 24.9 Å². The maximum absolute atomic E-state index is 4.66. The maximum Gasteiger partial charge on any atom is 0.134 e. The summed E-state index contributed by atoms with van der Waals surface area (Å²) in [7, 11) is 0. The van der Waals surface area contributed by atoms with Gasteiger partial charge in [0.15, 0.2) is 0 Å². The van der Waals surface area contributed by atoms with Gasteiger partial charge in [0.2, 0.25) is 0 Å². The number of benzene rings is 1. The highest BCUT2D eigenvalue weighted by Crippen LogP contribution is 2.21. The highest BCUT2D eigenvalue weighted by molar-refractivity contribution is 5.52. The molecule has 2 aromatic rings. The molecule has 1 aromatic carbocycles. The molecule has 0 atom stereocenters.